The van der Waals surface area contributed by atoms with Gasteiger partial charge in [0.05, 0.1) is 0 Å². The quantitative estimate of drug-likeness (QED) is 0.135. The first kappa shape index (κ1) is 25.9. The van der Waals surface area contributed by atoms with Gasteiger partial charge < -0.3 is 16.0 Å². The average Bonchev–Trinajstić information content (AvgIpc) is 2.84. The molecule has 1 heterocycles. The van der Waals surface area contributed by atoms with Crippen molar-refractivity contribution in [3.8, 4) is 0 Å². The summed E-state index contributed by atoms with van der Waals surface area (Å²) in [6.07, 6.45) is 7.44. The number of urea groups is 1. The van der Waals surface area contributed by atoms with Crippen LogP contribution < -0.4 is 16.0 Å². The van der Waals surface area contributed by atoms with Crippen LogP contribution in [-0.2, 0) is 4.79 Å². The van der Waals surface area contributed by atoms with Crippen LogP contribution in [0.4, 0.5) is 4.79 Å². The van der Waals surface area contributed by atoms with Crippen LogP contribution >= 0.6 is 24.0 Å². The van der Waals surface area contributed by atoms with Crippen molar-refractivity contribution < 1.29 is 9.59 Å². The SMILES string of the molecule is CCCCCCC(C)NC(=NC)NCCCN1C(=O)NC(C)(CC)C1=O.I. The number of imide groups is 1. The van der Waals surface area contributed by atoms with Crippen LogP contribution in [0.25, 0.3) is 0 Å². The Morgan fingerprint density at radius 3 is 2.48 bits per heavy atom. The number of hydrogen-bond donors (Lipinski definition) is 3. The molecule has 0 aromatic rings. The molecule has 158 valence electrons. The lowest BCUT2D eigenvalue weighted by atomic mass is 9.99. The minimum Gasteiger partial charge on any atom is -0.356 e. The molecule has 0 aliphatic carbocycles. The number of unbranched alkanes of at least 4 members (excludes halogenated alkanes) is 3. The Balaban J connectivity index is 0.00000676. The van der Waals surface area contributed by atoms with Gasteiger partial charge in [-0.15, -0.1) is 24.0 Å². The maximum atomic E-state index is 12.3. The second-order valence-corrected chi connectivity index (χ2v) is 7.32. The Bertz CT molecular complexity index is 500. The minimum atomic E-state index is -0.755. The van der Waals surface area contributed by atoms with E-state index in [1.807, 2.05) is 6.92 Å². The van der Waals surface area contributed by atoms with Gasteiger partial charge in [0.15, 0.2) is 5.96 Å². The maximum absolute atomic E-state index is 12.3. The number of hydrogen-bond acceptors (Lipinski definition) is 3. The van der Waals surface area contributed by atoms with E-state index in [4.69, 9.17) is 0 Å². The maximum Gasteiger partial charge on any atom is 0.325 e. The molecule has 0 spiro atoms. The zero-order chi connectivity index (χ0) is 19.6. The molecule has 3 amide bonds. The Morgan fingerprint density at radius 2 is 1.93 bits per heavy atom. The van der Waals surface area contributed by atoms with Crippen molar-refractivity contribution in [1.82, 2.24) is 20.9 Å². The van der Waals surface area contributed by atoms with Gasteiger partial charge in [-0.3, -0.25) is 14.7 Å². The van der Waals surface area contributed by atoms with Gasteiger partial charge in [-0.25, -0.2) is 4.79 Å². The van der Waals surface area contributed by atoms with E-state index in [0.29, 0.717) is 32.0 Å². The van der Waals surface area contributed by atoms with E-state index in [-0.39, 0.29) is 35.9 Å². The molecular formula is C19H38IN5O2. The van der Waals surface area contributed by atoms with Crippen molar-refractivity contribution in [2.75, 3.05) is 20.1 Å². The fourth-order valence-electron chi connectivity index (χ4n) is 3.01. The van der Waals surface area contributed by atoms with Gasteiger partial charge in [0, 0.05) is 26.2 Å². The van der Waals surface area contributed by atoms with E-state index in [0.717, 1.165) is 12.4 Å². The first-order valence-electron chi connectivity index (χ1n) is 9.99. The van der Waals surface area contributed by atoms with Crippen LogP contribution in [0.15, 0.2) is 4.99 Å². The summed E-state index contributed by atoms with van der Waals surface area (Å²) in [5.74, 6) is 0.636. The average molecular weight is 495 g/mol. The van der Waals surface area contributed by atoms with Crippen molar-refractivity contribution in [3.05, 3.63) is 0 Å². The van der Waals surface area contributed by atoms with Gasteiger partial charge in [0.2, 0.25) is 0 Å². The number of nitrogens with zero attached hydrogens (tertiary/aromatic N) is 2. The van der Waals surface area contributed by atoms with Crippen LogP contribution in [0.1, 0.15) is 72.6 Å². The summed E-state index contributed by atoms with van der Waals surface area (Å²) >= 11 is 0. The largest absolute Gasteiger partial charge is 0.356 e. The Labute approximate surface area is 181 Å². The van der Waals surface area contributed by atoms with Crippen molar-refractivity contribution in [2.24, 2.45) is 4.99 Å². The van der Waals surface area contributed by atoms with Crippen molar-refractivity contribution >= 4 is 41.9 Å². The van der Waals surface area contributed by atoms with Gasteiger partial charge in [-0.1, -0.05) is 39.5 Å². The van der Waals surface area contributed by atoms with E-state index in [2.05, 4.69) is 34.8 Å². The molecule has 27 heavy (non-hydrogen) atoms. The van der Waals surface area contributed by atoms with Crippen LogP contribution in [0.2, 0.25) is 0 Å². The molecule has 7 nitrogen and oxygen atoms in total. The number of carbonyl (C=O) groups excluding carboxylic acids is 2. The van der Waals surface area contributed by atoms with E-state index in [1.165, 1.54) is 30.6 Å². The molecule has 0 bridgehead atoms. The summed E-state index contributed by atoms with van der Waals surface area (Å²) in [5.41, 5.74) is -0.755. The highest BCUT2D eigenvalue weighted by Gasteiger charge is 2.45. The van der Waals surface area contributed by atoms with Crippen LogP contribution in [0.5, 0.6) is 0 Å². The summed E-state index contributed by atoms with van der Waals surface area (Å²) in [5, 5.41) is 9.43. The third-order valence-electron chi connectivity index (χ3n) is 5.00. The van der Waals surface area contributed by atoms with Gasteiger partial charge >= 0.3 is 6.03 Å². The monoisotopic (exact) mass is 495 g/mol. The molecule has 8 heteroatoms. The second kappa shape index (κ2) is 13.2. The van der Waals surface area contributed by atoms with Crippen LogP contribution in [-0.4, -0.2) is 54.5 Å². The van der Waals surface area contributed by atoms with E-state index in [1.54, 1.807) is 14.0 Å². The number of rotatable bonds is 11. The normalized spacial score (nSPS) is 20.9. The van der Waals surface area contributed by atoms with Gasteiger partial charge in [-0.05, 0) is 33.1 Å². The predicted molar refractivity (Wildman–Crippen MR) is 122 cm³/mol. The van der Waals surface area contributed by atoms with Crippen molar-refractivity contribution in [3.63, 3.8) is 0 Å². The lowest BCUT2D eigenvalue weighted by Crippen LogP contribution is -2.44. The minimum absolute atomic E-state index is 0. The van der Waals surface area contributed by atoms with Crippen LogP contribution in [0.3, 0.4) is 0 Å². The molecule has 1 aliphatic heterocycles. The van der Waals surface area contributed by atoms with E-state index >= 15 is 0 Å². The smallest absolute Gasteiger partial charge is 0.325 e. The summed E-state index contributed by atoms with van der Waals surface area (Å²) in [6, 6.07) is 0.0804. The molecule has 1 aliphatic rings. The summed E-state index contributed by atoms with van der Waals surface area (Å²) in [7, 11) is 1.75. The number of amides is 3. The molecule has 2 unspecified atom stereocenters. The third kappa shape index (κ3) is 8.23. The van der Waals surface area contributed by atoms with Gasteiger partial charge in [0.1, 0.15) is 5.54 Å². The van der Waals surface area contributed by atoms with Gasteiger partial charge in [0.25, 0.3) is 5.91 Å². The fraction of sp³-hybridized carbons (Fsp3) is 0.842. The first-order valence-corrected chi connectivity index (χ1v) is 9.99. The number of aliphatic imine (C=N–C) groups is 1. The first-order chi connectivity index (χ1) is 12.4. The lowest BCUT2D eigenvalue weighted by molar-refractivity contribution is -0.130. The number of halogens is 1. The molecule has 1 fully saturated rings. The van der Waals surface area contributed by atoms with Crippen molar-refractivity contribution in [1.29, 1.82) is 0 Å². The Kier molecular flexibility index (Phi) is 12.7. The molecule has 0 radical (unpaired) electrons. The molecule has 1 saturated heterocycles. The Hall–Kier alpha value is -1.06. The number of guanidine groups is 1. The van der Waals surface area contributed by atoms with E-state index in [9.17, 15) is 9.59 Å². The highest BCUT2D eigenvalue weighted by molar-refractivity contribution is 14.0. The number of carbonyl (C=O) groups is 2. The molecule has 0 aromatic carbocycles. The van der Waals surface area contributed by atoms with E-state index < -0.39 is 5.54 Å². The summed E-state index contributed by atoms with van der Waals surface area (Å²) in [4.78, 5) is 29.9. The molecule has 3 N–H and O–H groups in total. The third-order valence-corrected chi connectivity index (χ3v) is 5.00. The molecular weight excluding hydrogens is 457 g/mol. The molecule has 0 saturated carbocycles. The fourth-order valence-corrected chi connectivity index (χ4v) is 3.01. The predicted octanol–water partition coefficient (Wildman–Crippen LogP) is 3.24. The standard InChI is InChI=1S/C19H37N5O2.HI/c1-6-8-9-10-12-15(3)22-17(20-5)21-13-11-14-24-16(25)19(4,7-2)23-18(24)26;/h15H,6-14H2,1-5H3,(H,23,26)(H2,20,21,22);1H. The van der Waals surface area contributed by atoms with Gasteiger partial charge in [-0.2, -0.15) is 0 Å². The number of nitrogens with one attached hydrogen (secondary N) is 3. The topological polar surface area (TPSA) is 85.8 Å². The zero-order valence-electron chi connectivity index (χ0n) is 17.6. The van der Waals surface area contributed by atoms with Crippen LogP contribution in [0, 0.1) is 0 Å². The lowest BCUT2D eigenvalue weighted by Gasteiger charge is -2.20. The summed E-state index contributed by atoms with van der Waals surface area (Å²) in [6.45, 7) is 9.13. The highest BCUT2D eigenvalue weighted by Crippen LogP contribution is 2.20. The second-order valence-electron chi connectivity index (χ2n) is 7.32. The zero-order valence-corrected chi connectivity index (χ0v) is 19.9. The molecule has 0 aromatic heterocycles. The molecule has 1 rings (SSSR count). The highest BCUT2D eigenvalue weighted by atomic mass is 127. The molecule has 2 atom stereocenters. The van der Waals surface area contributed by atoms with Crippen molar-refractivity contribution in [2.45, 2.75) is 84.2 Å². The Morgan fingerprint density at radius 1 is 1.22 bits per heavy atom. The summed E-state index contributed by atoms with van der Waals surface area (Å²) < 4.78 is 0.